The summed E-state index contributed by atoms with van der Waals surface area (Å²) >= 11 is 0. The van der Waals surface area contributed by atoms with Crippen LogP contribution in [0.4, 0.5) is 10.5 Å². The summed E-state index contributed by atoms with van der Waals surface area (Å²) in [6.07, 6.45) is -0.244. The van der Waals surface area contributed by atoms with Crippen molar-refractivity contribution in [3.8, 4) is 11.5 Å². The number of amides is 1. The highest BCUT2D eigenvalue weighted by Crippen LogP contribution is 2.32. The SMILES string of the molecule is CC(C)(C)OC(=O)N1CCN(c2ccccc2Oc2ccccc2)CC1. The van der Waals surface area contributed by atoms with Crippen molar-refractivity contribution in [1.29, 1.82) is 0 Å². The Morgan fingerprint density at radius 3 is 2.15 bits per heavy atom. The van der Waals surface area contributed by atoms with Gasteiger partial charge in [-0.15, -0.1) is 0 Å². The number of carbonyl (C=O) groups is 1. The molecule has 1 amide bonds. The molecule has 2 aromatic rings. The van der Waals surface area contributed by atoms with E-state index in [0.29, 0.717) is 13.1 Å². The highest BCUT2D eigenvalue weighted by molar-refractivity contribution is 5.69. The van der Waals surface area contributed by atoms with Gasteiger partial charge in [-0.25, -0.2) is 4.79 Å². The summed E-state index contributed by atoms with van der Waals surface area (Å²) in [6.45, 7) is 8.42. The monoisotopic (exact) mass is 354 g/mol. The number of ether oxygens (including phenoxy) is 2. The van der Waals surface area contributed by atoms with E-state index < -0.39 is 5.60 Å². The normalized spacial score (nSPS) is 14.9. The number of hydrogen-bond donors (Lipinski definition) is 0. The maximum Gasteiger partial charge on any atom is 0.410 e. The lowest BCUT2D eigenvalue weighted by Gasteiger charge is -2.37. The maximum absolute atomic E-state index is 12.2. The summed E-state index contributed by atoms with van der Waals surface area (Å²) in [7, 11) is 0. The van der Waals surface area contributed by atoms with Gasteiger partial charge in [-0.05, 0) is 45.0 Å². The average Bonchev–Trinajstić information content (AvgIpc) is 2.62. The summed E-state index contributed by atoms with van der Waals surface area (Å²) in [6, 6.07) is 17.8. The molecule has 138 valence electrons. The molecule has 0 saturated carbocycles. The molecule has 1 heterocycles. The molecule has 1 aliphatic rings. The predicted molar refractivity (Wildman–Crippen MR) is 103 cm³/mol. The zero-order valence-electron chi connectivity index (χ0n) is 15.6. The lowest BCUT2D eigenvalue weighted by molar-refractivity contribution is 0.0240. The van der Waals surface area contributed by atoms with Crippen LogP contribution in [0, 0.1) is 0 Å². The molecule has 0 bridgehead atoms. The second kappa shape index (κ2) is 7.68. The number of rotatable bonds is 3. The zero-order valence-corrected chi connectivity index (χ0v) is 15.6. The maximum atomic E-state index is 12.2. The molecule has 1 saturated heterocycles. The Hall–Kier alpha value is -2.69. The average molecular weight is 354 g/mol. The fourth-order valence-corrected chi connectivity index (χ4v) is 2.88. The van der Waals surface area contributed by atoms with Crippen molar-refractivity contribution in [3.63, 3.8) is 0 Å². The Kier molecular flexibility index (Phi) is 5.35. The minimum absolute atomic E-state index is 0.244. The summed E-state index contributed by atoms with van der Waals surface area (Å²) in [5.41, 5.74) is 0.574. The highest BCUT2D eigenvalue weighted by atomic mass is 16.6. The van der Waals surface area contributed by atoms with Gasteiger partial charge in [0, 0.05) is 26.2 Å². The third kappa shape index (κ3) is 4.69. The number of nitrogens with zero attached hydrogens (tertiary/aromatic N) is 2. The van der Waals surface area contributed by atoms with Crippen molar-refractivity contribution >= 4 is 11.8 Å². The minimum Gasteiger partial charge on any atom is -0.455 e. The summed E-state index contributed by atoms with van der Waals surface area (Å²) in [5, 5.41) is 0. The summed E-state index contributed by atoms with van der Waals surface area (Å²) in [5.74, 6) is 1.64. The van der Waals surface area contributed by atoms with Gasteiger partial charge in [-0.2, -0.15) is 0 Å². The predicted octanol–water partition coefficient (Wildman–Crippen LogP) is 4.54. The van der Waals surface area contributed by atoms with Crippen LogP contribution in [-0.2, 0) is 4.74 Å². The minimum atomic E-state index is -0.468. The van der Waals surface area contributed by atoms with Crippen molar-refractivity contribution in [2.75, 3.05) is 31.1 Å². The fraction of sp³-hybridized carbons (Fsp3) is 0.381. The molecule has 2 aromatic carbocycles. The molecule has 0 radical (unpaired) electrons. The zero-order chi connectivity index (χ0) is 18.6. The number of piperazine rings is 1. The molecule has 3 rings (SSSR count). The van der Waals surface area contributed by atoms with Gasteiger partial charge in [0.15, 0.2) is 5.75 Å². The van der Waals surface area contributed by atoms with Crippen LogP contribution in [0.25, 0.3) is 0 Å². The standard InChI is InChI=1S/C21H26N2O3/c1-21(2,3)26-20(24)23-15-13-22(14-16-23)18-11-7-8-12-19(18)25-17-9-5-4-6-10-17/h4-12H,13-16H2,1-3H3. The van der Waals surface area contributed by atoms with Crippen LogP contribution in [-0.4, -0.2) is 42.8 Å². The van der Waals surface area contributed by atoms with Gasteiger partial charge in [-0.1, -0.05) is 30.3 Å². The molecular weight excluding hydrogens is 328 g/mol. The quantitative estimate of drug-likeness (QED) is 0.812. The summed E-state index contributed by atoms with van der Waals surface area (Å²) in [4.78, 5) is 16.2. The first kappa shape index (κ1) is 18.1. The second-order valence-corrected chi connectivity index (χ2v) is 7.34. The van der Waals surface area contributed by atoms with Crippen molar-refractivity contribution in [3.05, 3.63) is 54.6 Å². The van der Waals surface area contributed by atoms with E-state index in [4.69, 9.17) is 9.47 Å². The van der Waals surface area contributed by atoms with Crippen LogP contribution in [0.3, 0.4) is 0 Å². The van der Waals surface area contributed by atoms with E-state index in [9.17, 15) is 4.79 Å². The topological polar surface area (TPSA) is 42.0 Å². The van der Waals surface area contributed by atoms with Gasteiger partial charge in [0.25, 0.3) is 0 Å². The van der Waals surface area contributed by atoms with Crippen LogP contribution >= 0.6 is 0 Å². The van der Waals surface area contributed by atoms with Crippen LogP contribution in [0.5, 0.6) is 11.5 Å². The third-order valence-electron chi connectivity index (χ3n) is 4.11. The van der Waals surface area contributed by atoms with Gasteiger partial charge >= 0.3 is 6.09 Å². The van der Waals surface area contributed by atoms with Gasteiger partial charge in [-0.3, -0.25) is 0 Å². The van der Waals surface area contributed by atoms with Gasteiger partial charge in [0.05, 0.1) is 5.69 Å². The molecule has 5 heteroatoms. The molecule has 1 fully saturated rings. The van der Waals surface area contributed by atoms with E-state index in [2.05, 4.69) is 11.0 Å². The Labute approximate surface area is 155 Å². The van der Waals surface area contributed by atoms with E-state index in [0.717, 1.165) is 30.3 Å². The van der Waals surface area contributed by atoms with E-state index in [1.807, 2.05) is 69.3 Å². The first-order valence-electron chi connectivity index (χ1n) is 8.97. The van der Waals surface area contributed by atoms with Gasteiger partial charge in [0.1, 0.15) is 11.4 Å². The number of anilines is 1. The highest BCUT2D eigenvalue weighted by Gasteiger charge is 2.26. The number of benzene rings is 2. The Morgan fingerprint density at radius 2 is 1.50 bits per heavy atom. The first-order chi connectivity index (χ1) is 12.4. The Balaban J connectivity index is 1.66. The van der Waals surface area contributed by atoms with E-state index in [-0.39, 0.29) is 6.09 Å². The molecule has 0 N–H and O–H groups in total. The Bertz CT molecular complexity index is 732. The Morgan fingerprint density at radius 1 is 0.885 bits per heavy atom. The van der Waals surface area contributed by atoms with Gasteiger partial charge < -0.3 is 19.3 Å². The molecule has 0 atom stereocenters. The molecule has 0 aliphatic carbocycles. The molecule has 0 aromatic heterocycles. The second-order valence-electron chi connectivity index (χ2n) is 7.34. The van der Waals surface area contributed by atoms with Crippen LogP contribution < -0.4 is 9.64 Å². The van der Waals surface area contributed by atoms with Crippen LogP contribution in [0.2, 0.25) is 0 Å². The lowest BCUT2D eigenvalue weighted by Crippen LogP contribution is -2.50. The van der Waals surface area contributed by atoms with E-state index >= 15 is 0 Å². The number of para-hydroxylation sites is 3. The van der Waals surface area contributed by atoms with Crippen molar-refractivity contribution in [2.45, 2.75) is 26.4 Å². The van der Waals surface area contributed by atoms with Crippen LogP contribution in [0.15, 0.2) is 54.6 Å². The molecular formula is C21H26N2O3. The molecule has 26 heavy (non-hydrogen) atoms. The van der Waals surface area contributed by atoms with Crippen molar-refractivity contribution < 1.29 is 14.3 Å². The van der Waals surface area contributed by atoms with Crippen molar-refractivity contribution in [2.24, 2.45) is 0 Å². The molecule has 0 spiro atoms. The fourth-order valence-electron chi connectivity index (χ4n) is 2.88. The van der Waals surface area contributed by atoms with E-state index in [1.54, 1.807) is 4.90 Å². The van der Waals surface area contributed by atoms with Crippen LogP contribution in [0.1, 0.15) is 20.8 Å². The third-order valence-corrected chi connectivity index (χ3v) is 4.11. The smallest absolute Gasteiger partial charge is 0.410 e. The summed E-state index contributed by atoms with van der Waals surface area (Å²) < 4.78 is 11.5. The first-order valence-corrected chi connectivity index (χ1v) is 8.97. The van der Waals surface area contributed by atoms with Crippen molar-refractivity contribution in [1.82, 2.24) is 4.90 Å². The largest absolute Gasteiger partial charge is 0.455 e. The number of carbonyl (C=O) groups excluding carboxylic acids is 1. The number of hydrogen-bond acceptors (Lipinski definition) is 4. The van der Waals surface area contributed by atoms with Gasteiger partial charge in [0.2, 0.25) is 0 Å². The molecule has 5 nitrogen and oxygen atoms in total. The molecule has 0 unspecified atom stereocenters. The molecule has 1 aliphatic heterocycles. The van der Waals surface area contributed by atoms with E-state index in [1.165, 1.54) is 0 Å². The lowest BCUT2D eigenvalue weighted by atomic mass is 10.2.